The van der Waals surface area contributed by atoms with Crippen LogP contribution in [0.3, 0.4) is 0 Å². The zero-order valence-corrected chi connectivity index (χ0v) is 17.6. The molecule has 0 saturated carbocycles. The summed E-state index contributed by atoms with van der Waals surface area (Å²) in [6.07, 6.45) is 1.56. The summed E-state index contributed by atoms with van der Waals surface area (Å²) in [5.74, 6) is -4.31. The third-order valence-corrected chi connectivity index (χ3v) is 5.54. The molecule has 1 N–H and O–H groups in total. The lowest BCUT2D eigenvalue weighted by Gasteiger charge is -2.40. The highest BCUT2D eigenvalue weighted by Crippen LogP contribution is 2.51. The van der Waals surface area contributed by atoms with Crippen molar-refractivity contribution in [3.63, 3.8) is 0 Å². The second-order valence-corrected chi connectivity index (χ2v) is 7.45. The topological polar surface area (TPSA) is 42.3 Å². The molecule has 1 aliphatic rings. The molecule has 0 radical (unpaired) electrons. The van der Waals surface area contributed by atoms with Crippen molar-refractivity contribution in [3.05, 3.63) is 83.6 Å². The fourth-order valence-electron chi connectivity index (χ4n) is 4.15. The van der Waals surface area contributed by atoms with Crippen LogP contribution in [0.5, 0.6) is 5.75 Å². The van der Waals surface area contributed by atoms with Crippen molar-refractivity contribution in [2.45, 2.75) is 18.5 Å². The van der Waals surface area contributed by atoms with Crippen LogP contribution >= 0.6 is 0 Å². The minimum absolute atomic E-state index is 0.128. The summed E-state index contributed by atoms with van der Waals surface area (Å²) in [4.78, 5) is 1.59. The molecule has 9 heteroatoms. The van der Waals surface area contributed by atoms with Gasteiger partial charge in [0.25, 0.3) is 0 Å². The van der Waals surface area contributed by atoms with Crippen molar-refractivity contribution in [1.82, 2.24) is 14.7 Å². The highest BCUT2D eigenvalue weighted by atomic mass is 19.3. The Hall–Kier alpha value is -3.33. The van der Waals surface area contributed by atoms with Gasteiger partial charge in [-0.3, -0.25) is 4.90 Å². The van der Waals surface area contributed by atoms with E-state index in [1.807, 2.05) is 0 Å². The molecule has 0 amide bonds. The number of nitrogens with one attached hydrogen (secondary N) is 1. The molecule has 1 aromatic heterocycles. The highest BCUT2D eigenvalue weighted by Gasteiger charge is 2.53. The minimum Gasteiger partial charge on any atom is -0.497 e. The van der Waals surface area contributed by atoms with Crippen LogP contribution in [0.2, 0.25) is 0 Å². The fourth-order valence-corrected chi connectivity index (χ4v) is 4.15. The molecule has 0 aliphatic carbocycles. The maximum atomic E-state index is 15.9. The van der Waals surface area contributed by atoms with Gasteiger partial charge in [-0.15, -0.1) is 6.58 Å². The Morgan fingerprint density at radius 2 is 1.94 bits per heavy atom. The normalized spacial score (nSPS) is 17.6. The summed E-state index contributed by atoms with van der Waals surface area (Å²) in [6.45, 7) is 4.03. The van der Waals surface area contributed by atoms with E-state index in [1.165, 1.54) is 13.2 Å². The van der Waals surface area contributed by atoms with Gasteiger partial charge in [-0.1, -0.05) is 18.2 Å². The molecule has 5 nitrogen and oxygen atoms in total. The molecule has 168 valence electrons. The number of aromatic nitrogens is 2. The largest absolute Gasteiger partial charge is 0.497 e. The van der Waals surface area contributed by atoms with Crippen LogP contribution in [0.4, 0.5) is 23.4 Å². The number of fused-ring (bicyclic) bond motifs is 1. The Morgan fingerprint density at radius 3 is 2.53 bits per heavy atom. The van der Waals surface area contributed by atoms with E-state index in [9.17, 15) is 8.78 Å². The Labute approximate surface area is 182 Å². The molecule has 1 unspecified atom stereocenters. The summed E-state index contributed by atoms with van der Waals surface area (Å²) < 4.78 is 66.0. The number of nitrogens with zero attached hydrogens (tertiary/aromatic N) is 3. The Balaban J connectivity index is 1.88. The van der Waals surface area contributed by atoms with Gasteiger partial charge >= 0.3 is 5.92 Å². The molecule has 1 aliphatic heterocycles. The van der Waals surface area contributed by atoms with Crippen LogP contribution in [0.15, 0.2) is 55.1 Å². The van der Waals surface area contributed by atoms with Gasteiger partial charge in [0.2, 0.25) is 0 Å². The summed E-state index contributed by atoms with van der Waals surface area (Å²) in [5.41, 5.74) is 0.0496. The Morgan fingerprint density at radius 1 is 1.22 bits per heavy atom. The number of rotatable bonds is 6. The molecule has 1 atom stereocenters. The molecular formula is C23H22F4N4O. The number of hydrogen-bond donors (Lipinski definition) is 1. The average Bonchev–Trinajstić information content (AvgIpc) is 3.13. The molecule has 32 heavy (non-hydrogen) atoms. The monoisotopic (exact) mass is 446 g/mol. The van der Waals surface area contributed by atoms with Crippen LogP contribution in [-0.4, -0.2) is 35.4 Å². The number of ether oxygens (including phenoxy) is 1. The lowest BCUT2D eigenvalue weighted by molar-refractivity contribution is -0.106. The van der Waals surface area contributed by atoms with E-state index in [-0.39, 0.29) is 30.2 Å². The van der Waals surface area contributed by atoms with Crippen molar-refractivity contribution in [2.75, 3.05) is 26.0 Å². The van der Waals surface area contributed by atoms with Gasteiger partial charge in [0.15, 0.2) is 5.82 Å². The lowest BCUT2D eigenvalue weighted by atomic mass is 9.90. The highest BCUT2D eigenvalue weighted by molar-refractivity contribution is 5.56. The average molecular weight is 446 g/mol. The molecule has 0 spiro atoms. The van der Waals surface area contributed by atoms with Gasteiger partial charge in [0.1, 0.15) is 34.8 Å². The number of anilines is 1. The van der Waals surface area contributed by atoms with E-state index < -0.39 is 29.3 Å². The quantitative estimate of drug-likeness (QED) is 0.426. The third kappa shape index (κ3) is 3.52. The van der Waals surface area contributed by atoms with Gasteiger partial charge in [-0.25, -0.2) is 13.5 Å². The van der Waals surface area contributed by atoms with Crippen LogP contribution in [0, 0.1) is 11.6 Å². The maximum absolute atomic E-state index is 15.9. The summed E-state index contributed by atoms with van der Waals surface area (Å²) in [7, 11) is 3.04. The van der Waals surface area contributed by atoms with Gasteiger partial charge < -0.3 is 10.1 Å². The van der Waals surface area contributed by atoms with Crippen LogP contribution in [0.25, 0.3) is 5.69 Å². The predicted octanol–water partition coefficient (Wildman–Crippen LogP) is 5.04. The maximum Gasteiger partial charge on any atom is 0.311 e. The third-order valence-electron chi connectivity index (χ3n) is 5.54. The van der Waals surface area contributed by atoms with Crippen molar-refractivity contribution >= 4 is 5.82 Å². The summed E-state index contributed by atoms with van der Waals surface area (Å²) in [6, 6.07) is 8.03. The number of benzene rings is 2. The first-order chi connectivity index (χ1) is 15.3. The summed E-state index contributed by atoms with van der Waals surface area (Å²) in [5, 5.41) is 6.96. The predicted molar refractivity (Wildman–Crippen MR) is 113 cm³/mol. The first kappa shape index (κ1) is 21.9. The smallest absolute Gasteiger partial charge is 0.311 e. The molecule has 4 rings (SSSR count). The molecule has 0 bridgehead atoms. The Bertz CT molecular complexity index is 1140. The fraction of sp³-hybridized carbons (Fsp3) is 0.261. The Kier molecular flexibility index (Phi) is 5.68. The first-order valence-electron chi connectivity index (χ1n) is 9.94. The molecule has 2 heterocycles. The zero-order valence-electron chi connectivity index (χ0n) is 17.6. The van der Waals surface area contributed by atoms with E-state index in [0.717, 1.165) is 10.7 Å². The van der Waals surface area contributed by atoms with E-state index in [2.05, 4.69) is 17.0 Å². The van der Waals surface area contributed by atoms with Gasteiger partial charge in [0, 0.05) is 31.8 Å². The standard InChI is InChI=1S/C23H22F4N4O/c1-4-11-30-13-17-20(23(26,27)21(30)14-5-8-16(32-3)9-6-14)29-31(22(17)28-2)19-10-7-15(24)12-18(19)25/h4-10,12,21,28H,1,11,13H2,2-3H3. The second kappa shape index (κ2) is 8.31. The molecular weight excluding hydrogens is 424 g/mol. The molecule has 0 saturated heterocycles. The van der Waals surface area contributed by atoms with Gasteiger partial charge in [-0.2, -0.15) is 13.9 Å². The van der Waals surface area contributed by atoms with E-state index >= 15 is 8.78 Å². The van der Waals surface area contributed by atoms with Crippen molar-refractivity contribution in [2.24, 2.45) is 0 Å². The van der Waals surface area contributed by atoms with E-state index in [4.69, 9.17) is 4.74 Å². The lowest BCUT2D eigenvalue weighted by Crippen LogP contribution is -2.44. The second-order valence-electron chi connectivity index (χ2n) is 7.45. The molecule has 0 fully saturated rings. The van der Waals surface area contributed by atoms with Gasteiger partial charge in [-0.05, 0) is 29.8 Å². The van der Waals surface area contributed by atoms with Gasteiger partial charge in [0.05, 0.1) is 7.11 Å². The van der Waals surface area contributed by atoms with Crippen molar-refractivity contribution < 1.29 is 22.3 Å². The minimum atomic E-state index is -3.40. The van der Waals surface area contributed by atoms with Crippen LogP contribution in [-0.2, 0) is 12.5 Å². The van der Waals surface area contributed by atoms with Crippen molar-refractivity contribution in [1.29, 1.82) is 0 Å². The van der Waals surface area contributed by atoms with Crippen LogP contribution in [0.1, 0.15) is 22.9 Å². The number of alkyl halides is 2. The number of halogens is 4. The number of methoxy groups -OCH3 is 1. The van der Waals surface area contributed by atoms with E-state index in [1.54, 1.807) is 42.3 Å². The molecule has 2 aromatic carbocycles. The first-order valence-corrected chi connectivity index (χ1v) is 9.94. The number of hydrogen-bond acceptors (Lipinski definition) is 4. The molecule has 3 aromatic rings. The van der Waals surface area contributed by atoms with Crippen molar-refractivity contribution in [3.8, 4) is 11.4 Å². The van der Waals surface area contributed by atoms with Crippen LogP contribution < -0.4 is 10.1 Å². The zero-order chi connectivity index (χ0) is 23.0. The van der Waals surface area contributed by atoms with E-state index in [0.29, 0.717) is 17.4 Å². The SMILES string of the molecule is C=CCN1Cc2c(nn(-c3ccc(F)cc3F)c2NC)C(F)(F)C1c1ccc(OC)cc1. The summed E-state index contributed by atoms with van der Waals surface area (Å²) >= 11 is 0.